The predicted molar refractivity (Wildman–Crippen MR) is 84.0 cm³/mol. The molecule has 1 aliphatic carbocycles. The molecule has 1 atom stereocenters. The number of anilines is 1. The van der Waals surface area contributed by atoms with Gasteiger partial charge in [-0.15, -0.1) is 0 Å². The standard InChI is InChI=1S/C14H18ClN3S/c15-13-7-9(1-4-12(13)14(16)19)17-10-5-6-18(8-10)11-2-3-11/h1,4,7,10-11,17H,2-3,5-6,8H2,(H2,16,19). The molecule has 1 heterocycles. The molecule has 0 aromatic heterocycles. The Balaban J connectivity index is 1.63. The number of nitrogens with two attached hydrogens (primary N) is 1. The number of rotatable bonds is 4. The van der Waals surface area contributed by atoms with Gasteiger partial charge in [-0.3, -0.25) is 4.90 Å². The van der Waals surface area contributed by atoms with Gasteiger partial charge in [0.1, 0.15) is 4.99 Å². The van der Waals surface area contributed by atoms with Crippen molar-refractivity contribution in [2.24, 2.45) is 5.73 Å². The minimum atomic E-state index is 0.345. The second-order valence-electron chi connectivity index (χ2n) is 5.41. The van der Waals surface area contributed by atoms with E-state index in [0.29, 0.717) is 16.1 Å². The molecule has 1 aliphatic heterocycles. The summed E-state index contributed by atoms with van der Waals surface area (Å²) in [5.74, 6) is 0. The van der Waals surface area contributed by atoms with Gasteiger partial charge >= 0.3 is 0 Å². The summed E-state index contributed by atoms with van der Waals surface area (Å²) < 4.78 is 0. The number of likely N-dealkylation sites (tertiary alicyclic amines) is 1. The normalized spacial score (nSPS) is 23.5. The van der Waals surface area contributed by atoms with E-state index in [9.17, 15) is 0 Å². The van der Waals surface area contributed by atoms with E-state index in [1.54, 1.807) is 0 Å². The van der Waals surface area contributed by atoms with Crippen LogP contribution in [0.2, 0.25) is 5.02 Å². The van der Waals surface area contributed by atoms with Crippen molar-refractivity contribution >= 4 is 34.5 Å². The number of benzene rings is 1. The first kappa shape index (κ1) is 13.2. The SMILES string of the molecule is NC(=S)c1ccc(NC2CCN(C3CC3)C2)cc1Cl. The van der Waals surface area contributed by atoms with Crippen molar-refractivity contribution in [3.63, 3.8) is 0 Å². The van der Waals surface area contributed by atoms with Crippen LogP contribution < -0.4 is 11.1 Å². The Morgan fingerprint density at radius 2 is 2.16 bits per heavy atom. The zero-order valence-electron chi connectivity index (χ0n) is 10.7. The number of thiocarbonyl (C=S) groups is 1. The fourth-order valence-electron chi connectivity index (χ4n) is 2.72. The topological polar surface area (TPSA) is 41.3 Å². The van der Waals surface area contributed by atoms with Crippen molar-refractivity contribution in [3.8, 4) is 0 Å². The van der Waals surface area contributed by atoms with Crippen LogP contribution in [0.3, 0.4) is 0 Å². The number of nitrogens with zero attached hydrogens (tertiary/aromatic N) is 1. The minimum Gasteiger partial charge on any atom is -0.389 e. The molecular weight excluding hydrogens is 278 g/mol. The van der Waals surface area contributed by atoms with Gasteiger partial charge in [0.05, 0.1) is 5.02 Å². The number of nitrogens with one attached hydrogen (secondary N) is 1. The van der Waals surface area contributed by atoms with E-state index in [-0.39, 0.29) is 0 Å². The van der Waals surface area contributed by atoms with Crippen LogP contribution in [0.25, 0.3) is 0 Å². The van der Waals surface area contributed by atoms with Gasteiger partial charge in [-0.2, -0.15) is 0 Å². The van der Waals surface area contributed by atoms with Crippen molar-refractivity contribution in [1.82, 2.24) is 4.90 Å². The summed E-state index contributed by atoms with van der Waals surface area (Å²) in [4.78, 5) is 2.93. The van der Waals surface area contributed by atoms with Gasteiger partial charge in [-0.25, -0.2) is 0 Å². The van der Waals surface area contributed by atoms with E-state index >= 15 is 0 Å². The highest BCUT2D eigenvalue weighted by Crippen LogP contribution is 2.31. The molecule has 102 valence electrons. The first-order valence-corrected chi connectivity index (χ1v) is 7.52. The van der Waals surface area contributed by atoms with Gasteiger partial charge < -0.3 is 11.1 Å². The molecule has 5 heteroatoms. The van der Waals surface area contributed by atoms with Crippen LogP contribution in [0.15, 0.2) is 18.2 Å². The zero-order chi connectivity index (χ0) is 13.4. The van der Waals surface area contributed by atoms with Crippen molar-refractivity contribution in [3.05, 3.63) is 28.8 Å². The largest absolute Gasteiger partial charge is 0.389 e. The minimum absolute atomic E-state index is 0.345. The number of hydrogen-bond acceptors (Lipinski definition) is 3. The van der Waals surface area contributed by atoms with E-state index in [1.165, 1.54) is 25.8 Å². The van der Waals surface area contributed by atoms with Crippen molar-refractivity contribution in [2.45, 2.75) is 31.3 Å². The lowest BCUT2D eigenvalue weighted by atomic mass is 10.2. The molecule has 0 spiro atoms. The summed E-state index contributed by atoms with van der Waals surface area (Å²) in [7, 11) is 0. The molecule has 1 unspecified atom stereocenters. The Labute approximate surface area is 124 Å². The number of hydrogen-bond donors (Lipinski definition) is 2. The Bertz CT molecular complexity index is 501. The van der Waals surface area contributed by atoms with Crippen LogP contribution in [0.1, 0.15) is 24.8 Å². The molecule has 0 radical (unpaired) electrons. The van der Waals surface area contributed by atoms with Gasteiger partial charge in [-0.05, 0) is 37.5 Å². The maximum atomic E-state index is 6.18. The predicted octanol–water partition coefficient (Wildman–Crippen LogP) is 2.62. The third-order valence-electron chi connectivity index (χ3n) is 3.89. The average molecular weight is 296 g/mol. The molecule has 3 nitrogen and oxygen atoms in total. The van der Waals surface area contributed by atoms with Crippen LogP contribution >= 0.6 is 23.8 Å². The summed E-state index contributed by atoms with van der Waals surface area (Å²) in [6.07, 6.45) is 3.95. The van der Waals surface area contributed by atoms with E-state index in [2.05, 4.69) is 10.2 Å². The molecule has 1 saturated carbocycles. The van der Waals surface area contributed by atoms with Crippen molar-refractivity contribution < 1.29 is 0 Å². The Hall–Kier alpha value is -0.840. The average Bonchev–Trinajstić information content (AvgIpc) is 3.10. The molecular formula is C14H18ClN3S. The molecule has 2 aliphatic rings. The molecule has 19 heavy (non-hydrogen) atoms. The van der Waals surface area contributed by atoms with Crippen molar-refractivity contribution in [2.75, 3.05) is 18.4 Å². The van der Waals surface area contributed by atoms with Crippen LogP contribution in [-0.2, 0) is 0 Å². The molecule has 1 aromatic rings. The second kappa shape index (κ2) is 5.27. The highest BCUT2D eigenvalue weighted by atomic mass is 35.5. The fourth-order valence-corrected chi connectivity index (χ4v) is 3.23. The van der Waals surface area contributed by atoms with Gasteiger partial charge in [-0.1, -0.05) is 23.8 Å². The molecule has 3 rings (SSSR count). The summed E-state index contributed by atoms with van der Waals surface area (Å²) in [5, 5.41) is 4.17. The lowest BCUT2D eigenvalue weighted by Crippen LogP contribution is -2.27. The summed E-state index contributed by atoms with van der Waals surface area (Å²) >= 11 is 11.1. The molecule has 1 saturated heterocycles. The molecule has 2 fully saturated rings. The van der Waals surface area contributed by atoms with Crippen LogP contribution in [0.4, 0.5) is 5.69 Å². The highest BCUT2D eigenvalue weighted by molar-refractivity contribution is 7.80. The molecule has 1 aromatic carbocycles. The molecule has 3 N–H and O–H groups in total. The van der Waals surface area contributed by atoms with Crippen molar-refractivity contribution in [1.29, 1.82) is 0 Å². The first-order valence-electron chi connectivity index (χ1n) is 6.73. The smallest absolute Gasteiger partial charge is 0.105 e. The van der Waals surface area contributed by atoms with E-state index < -0.39 is 0 Å². The fraction of sp³-hybridized carbons (Fsp3) is 0.500. The highest BCUT2D eigenvalue weighted by Gasteiger charge is 2.34. The quantitative estimate of drug-likeness (QED) is 0.838. The monoisotopic (exact) mass is 295 g/mol. The lowest BCUT2D eigenvalue weighted by Gasteiger charge is -2.17. The van der Waals surface area contributed by atoms with E-state index in [4.69, 9.17) is 29.6 Å². The Kier molecular flexibility index (Phi) is 3.65. The van der Waals surface area contributed by atoms with Gasteiger partial charge in [0, 0.05) is 36.4 Å². The van der Waals surface area contributed by atoms with E-state index in [1.807, 2.05) is 18.2 Å². The van der Waals surface area contributed by atoms with Crippen LogP contribution in [-0.4, -0.2) is 35.1 Å². The summed E-state index contributed by atoms with van der Waals surface area (Å²) in [6.45, 7) is 2.35. The van der Waals surface area contributed by atoms with Crippen LogP contribution in [0, 0.1) is 0 Å². The second-order valence-corrected chi connectivity index (χ2v) is 6.26. The Morgan fingerprint density at radius 3 is 2.79 bits per heavy atom. The lowest BCUT2D eigenvalue weighted by molar-refractivity contribution is 0.326. The third-order valence-corrected chi connectivity index (χ3v) is 4.42. The van der Waals surface area contributed by atoms with Crippen LogP contribution in [0.5, 0.6) is 0 Å². The zero-order valence-corrected chi connectivity index (χ0v) is 12.3. The summed E-state index contributed by atoms with van der Waals surface area (Å²) in [5.41, 5.74) is 7.40. The molecule has 0 amide bonds. The molecule has 0 bridgehead atoms. The van der Waals surface area contributed by atoms with E-state index in [0.717, 1.165) is 23.8 Å². The first-order chi connectivity index (χ1) is 9.13. The van der Waals surface area contributed by atoms with Gasteiger partial charge in [0.25, 0.3) is 0 Å². The Morgan fingerprint density at radius 1 is 1.37 bits per heavy atom. The number of halogens is 1. The summed E-state index contributed by atoms with van der Waals surface area (Å²) in [6, 6.07) is 7.18. The third kappa shape index (κ3) is 3.02. The maximum absolute atomic E-state index is 6.18. The van der Waals surface area contributed by atoms with Gasteiger partial charge in [0.15, 0.2) is 0 Å². The van der Waals surface area contributed by atoms with Gasteiger partial charge in [0.2, 0.25) is 0 Å². The maximum Gasteiger partial charge on any atom is 0.105 e.